The quantitative estimate of drug-likeness (QED) is 0.430. The maximum atomic E-state index is 12.5. The van der Waals surface area contributed by atoms with Crippen molar-refractivity contribution >= 4 is 22.8 Å². The molecule has 0 spiro atoms. The van der Waals surface area contributed by atoms with Crippen LogP contribution in [0.2, 0.25) is 0 Å². The topological polar surface area (TPSA) is 86.3 Å². The molecule has 2 N–H and O–H groups in total. The number of rotatable bonds is 4. The van der Waals surface area contributed by atoms with Gasteiger partial charge in [0.15, 0.2) is 0 Å². The van der Waals surface area contributed by atoms with Gasteiger partial charge in [-0.05, 0) is 62.4 Å². The Bertz CT molecular complexity index is 1430. The van der Waals surface area contributed by atoms with E-state index in [9.17, 15) is 4.79 Å². The normalized spacial score (nSPS) is 15.5. The molecule has 0 radical (unpaired) electrons. The van der Waals surface area contributed by atoms with Crippen LogP contribution >= 0.6 is 0 Å². The van der Waals surface area contributed by atoms with Crippen LogP contribution in [-0.2, 0) is 4.79 Å². The van der Waals surface area contributed by atoms with Crippen LogP contribution in [0.3, 0.4) is 0 Å². The molecule has 35 heavy (non-hydrogen) atoms. The summed E-state index contributed by atoms with van der Waals surface area (Å²) in [7, 11) is 0. The molecule has 1 amide bonds. The highest BCUT2D eigenvalue weighted by molar-refractivity contribution is 6.02. The fourth-order valence-electron chi connectivity index (χ4n) is 4.92. The molecule has 1 fully saturated rings. The summed E-state index contributed by atoms with van der Waals surface area (Å²) in [5, 5.41) is 0.832. The van der Waals surface area contributed by atoms with Gasteiger partial charge in [0, 0.05) is 24.3 Å². The molecule has 176 valence electrons. The monoisotopic (exact) mass is 465 g/mol. The van der Waals surface area contributed by atoms with Crippen LogP contribution in [0.15, 0.2) is 60.9 Å². The highest BCUT2D eigenvalue weighted by atomic mass is 16.5. The number of benzene rings is 2. The molecule has 2 aromatic heterocycles. The highest BCUT2D eigenvalue weighted by Gasteiger charge is 2.29. The first-order chi connectivity index (χ1) is 17.1. The number of carbonyl (C=O) groups is 1. The Kier molecular flexibility index (Phi) is 6.11. The summed E-state index contributed by atoms with van der Waals surface area (Å²) in [6.45, 7) is 5.07. The van der Waals surface area contributed by atoms with Gasteiger partial charge < -0.3 is 19.9 Å². The lowest BCUT2D eigenvalue weighted by molar-refractivity contribution is -0.126. The molecule has 5 rings (SSSR count). The number of likely N-dealkylation sites (tertiary alicyclic amines) is 1. The lowest BCUT2D eigenvalue weighted by Crippen LogP contribution is -2.40. The van der Waals surface area contributed by atoms with Crippen LogP contribution in [0.4, 0.5) is 5.82 Å². The molecule has 0 saturated carbocycles. The van der Waals surface area contributed by atoms with E-state index in [4.69, 9.17) is 10.5 Å². The Balaban J connectivity index is 1.54. The minimum atomic E-state index is -0.130. The summed E-state index contributed by atoms with van der Waals surface area (Å²) in [4.78, 5) is 23.2. The number of nitrogen functional groups attached to an aromatic ring is 1. The lowest BCUT2D eigenvalue weighted by Gasteiger charge is -2.33. The van der Waals surface area contributed by atoms with Crippen molar-refractivity contribution in [3.8, 4) is 34.5 Å². The fourth-order valence-corrected chi connectivity index (χ4v) is 4.92. The molecule has 0 aliphatic carbocycles. The second kappa shape index (κ2) is 9.51. The van der Waals surface area contributed by atoms with E-state index in [1.807, 2.05) is 59.5 Å². The number of aromatic nitrogens is 3. The molecule has 1 aliphatic heterocycles. The molecular formula is C28H27N5O2. The van der Waals surface area contributed by atoms with Gasteiger partial charge in [-0.1, -0.05) is 36.3 Å². The molecular weight excluding hydrogens is 438 g/mol. The van der Waals surface area contributed by atoms with Crippen LogP contribution in [0.1, 0.15) is 31.5 Å². The van der Waals surface area contributed by atoms with Crippen molar-refractivity contribution < 1.29 is 9.53 Å². The maximum Gasteiger partial charge on any atom is 0.298 e. The average Bonchev–Trinajstić information content (AvgIpc) is 3.18. The third-order valence-electron chi connectivity index (χ3n) is 6.46. The molecule has 1 saturated heterocycles. The van der Waals surface area contributed by atoms with Crippen LogP contribution in [0.5, 0.6) is 11.5 Å². The summed E-state index contributed by atoms with van der Waals surface area (Å²) in [5.74, 6) is 7.24. The van der Waals surface area contributed by atoms with Gasteiger partial charge in [-0.25, -0.2) is 9.97 Å². The summed E-state index contributed by atoms with van der Waals surface area (Å²) in [6.07, 6.45) is 3.35. The van der Waals surface area contributed by atoms with E-state index in [1.54, 1.807) is 6.92 Å². The van der Waals surface area contributed by atoms with Crippen molar-refractivity contribution in [2.75, 3.05) is 18.8 Å². The number of hydrogen-bond acceptors (Lipinski definition) is 5. The number of fused-ring (bicyclic) bond motifs is 1. The van der Waals surface area contributed by atoms with Gasteiger partial charge in [0.25, 0.3) is 5.91 Å². The number of carbonyl (C=O) groups excluding carboxylic acids is 1. The zero-order chi connectivity index (χ0) is 24.4. The standard InChI is InChI=1S/C28H27N5O2/c1-3-8-24(34)32-16-7-9-21(17-32)33-19(2)25(26-27(29)30-18-31-28(26)33)20-12-14-23(15-13-20)35-22-10-5-4-6-11-22/h4-6,10-15,18,21H,7,9,16-17H2,1-2H3,(H2,29,30,31). The van der Waals surface area contributed by atoms with Crippen LogP contribution < -0.4 is 10.5 Å². The molecule has 1 unspecified atom stereocenters. The fraction of sp³-hybridized carbons (Fsp3) is 0.250. The Morgan fingerprint density at radius 3 is 2.57 bits per heavy atom. The largest absolute Gasteiger partial charge is 0.457 e. The SMILES string of the molecule is CC#CC(=O)N1CCCC(n2c(C)c(-c3ccc(Oc4ccccc4)cc3)c3c(N)ncnc32)C1. The molecule has 1 atom stereocenters. The van der Waals surface area contributed by atoms with Crippen molar-refractivity contribution in [2.45, 2.75) is 32.7 Å². The van der Waals surface area contributed by atoms with Crippen molar-refractivity contribution in [3.05, 3.63) is 66.6 Å². The number of nitrogens with two attached hydrogens (primary N) is 1. The molecule has 7 nitrogen and oxygen atoms in total. The predicted molar refractivity (Wildman–Crippen MR) is 137 cm³/mol. The van der Waals surface area contributed by atoms with E-state index in [2.05, 4.69) is 33.3 Å². The molecule has 0 bridgehead atoms. The number of piperidine rings is 1. The van der Waals surface area contributed by atoms with E-state index in [0.29, 0.717) is 12.4 Å². The average molecular weight is 466 g/mol. The lowest BCUT2D eigenvalue weighted by atomic mass is 10.0. The van der Waals surface area contributed by atoms with Crippen molar-refractivity contribution in [3.63, 3.8) is 0 Å². The van der Waals surface area contributed by atoms with Crippen LogP contribution in [-0.4, -0.2) is 38.4 Å². The first-order valence-electron chi connectivity index (χ1n) is 11.7. The first kappa shape index (κ1) is 22.5. The Hall–Kier alpha value is -4.31. The minimum absolute atomic E-state index is 0.0811. The Morgan fingerprint density at radius 2 is 1.83 bits per heavy atom. The van der Waals surface area contributed by atoms with Gasteiger partial charge in [-0.2, -0.15) is 0 Å². The highest BCUT2D eigenvalue weighted by Crippen LogP contribution is 2.40. The summed E-state index contributed by atoms with van der Waals surface area (Å²) >= 11 is 0. The zero-order valence-corrected chi connectivity index (χ0v) is 19.9. The Morgan fingerprint density at radius 1 is 1.09 bits per heavy atom. The number of ether oxygens (including phenoxy) is 1. The summed E-state index contributed by atoms with van der Waals surface area (Å²) in [6, 6.07) is 17.7. The Labute approximate surface area is 204 Å². The maximum absolute atomic E-state index is 12.5. The summed E-state index contributed by atoms with van der Waals surface area (Å²) in [5.41, 5.74) is 10.2. The molecule has 7 heteroatoms. The molecule has 1 aliphatic rings. The summed E-state index contributed by atoms with van der Waals surface area (Å²) < 4.78 is 8.18. The predicted octanol–water partition coefficient (Wildman–Crippen LogP) is 4.97. The van der Waals surface area contributed by atoms with Gasteiger partial charge in [0.2, 0.25) is 0 Å². The second-order valence-corrected chi connectivity index (χ2v) is 8.65. The van der Waals surface area contributed by atoms with Crippen LogP contribution in [0.25, 0.3) is 22.2 Å². The van der Waals surface area contributed by atoms with Gasteiger partial charge in [-0.15, -0.1) is 0 Å². The van der Waals surface area contributed by atoms with E-state index < -0.39 is 0 Å². The number of para-hydroxylation sites is 1. The van der Waals surface area contributed by atoms with Crippen molar-refractivity contribution in [1.29, 1.82) is 0 Å². The minimum Gasteiger partial charge on any atom is -0.457 e. The van der Waals surface area contributed by atoms with Gasteiger partial charge in [0.1, 0.15) is 29.3 Å². The van der Waals surface area contributed by atoms with E-state index >= 15 is 0 Å². The van der Waals surface area contributed by atoms with Gasteiger partial charge in [-0.3, -0.25) is 4.79 Å². The van der Waals surface area contributed by atoms with Crippen molar-refractivity contribution in [2.24, 2.45) is 0 Å². The zero-order valence-electron chi connectivity index (χ0n) is 19.9. The third kappa shape index (κ3) is 4.31. The smallest absolute Gasteiger partial charge is 0.298 e. The number of nitrogens with zero attached hydrogens (tertiary/aromatic N) is 4. The van der Waals surface area contributed by atoms with Crippen molar-refractivity contribution in [1.82, 2.24) is 19.4 Å². The van der Waals surface area contributed by atoms with E-state index in [1.165, 1.54) is 6.33 Å². The number of amides is 1. The number of anilines is 1. The first-order valence-corrected chi connectivity index (χ1v) is 11.7. The van der Waals surface area contributed by atoms with E-state index in [0.717, 1.165) is 58.7 Å². The van der Waals surface area contributed by atoms with E-state index in [-0.39, 0.29) is 11.9 Å². The third-order valence-corrected chi connectivity index (χ3v) is 6.46. The molecule has 2 aromatic carbocycles. The van der Waals surface area contributed by atoms with Crippen LogP contribution in [0, 0.1) is 18.8 Å². The molecule has 4 aromatic rings. The van der Waals surface area contributed by atoms with Gasteiger partial charge in [0.05, 0.1) is 11.4 Å². The number of hydrogen-bond donors (Lipinski definition) is 1. The second-order valence-electron chi connectivity index (χ2n) is 8.65. The van der Waals surface area contributed by atoms with Gasteiger partial charge >= 0.3 is 0 Å². The molecule has 3 heterocycles.